The number of esters is 1. The lowest BCUT2D eigenvalue weighted by molar-refractivity contribution is -0.145. The van der Waals surface area contributed by atoms with Gasteiger partial charge in [0.1, 0.15) is 6.07 Å². The first kappa shape index (κ1) is 11.5. The quantitative estimate of drug-likeness (QED) is 0.788. The molecule has 0 aliphatic carbocycles. The Labute approximate surface area is 92.2 Å². The number of ether oxygens (including phenoxy) is 1. The van der Waals surface area contributed by atoms with Gasteiger partial charge in [0, 0.05) is 10.6 Å². The number of hydrogen-bond acceptors (Lipinski definition) is 4. The van der Waals surface area contributed by atoms with Crippen molar-refractivity contribution in [3.05, 3.63) is 34.9 Å². The van der Waals surface area contributed by atoms with Gasteiger partial charge in [-0.25, -0.2) is 0 Å². The smallest absolute Gasteiger partial charge is 0.321 e. The minimum Gasteiger partial charge on any atom is -0.441 e. The molecule has 0 radical (unpaired) electrons. The molecule has 2 N–H and O–H groups in total. The van der Waals surface area contributed by atoms with Crippen LogP contribution in [0.1, 0.15) is 11.7 Å². The van der Waals surface area contributed by atoms with Crippen molar-refractivity contribution in [2.45, 2.75) is 6.10 Å². The summed E-state index contributed by atoms with van der Waals surface area (Å²) in [6.07, 6.45) is -1.00. The van der Waals surface area contributed by atoms with Crippen LogP contribution in [0.4, 0.5) is 0 Å². The molecule has 78 valence electrons. The summed E-state index contributed by atoms with van der Waals surface area (Å²) in [7, 11) is 0. The molecular formula is C10H9ClN2O2. The molecule has 0 aliphatic heterocycles. The number of carbonyl (C=O) groups excluding carboxylic acids is 1. The van der Waals surface area contributed by atoms with Crippen molar-refractivity contribution in [2.24, 2.45) is 5.73 Å². The van der Waals surface area contributed by atoms with Gasteiger partial charge in [0.15, 0.2) is 0 Å². The summed E-state index contributed by atoms with van der Waals surface area (Å²) in [6, 6.07) is 8.53. The normalized spacial score (nSPS) is 11.5. The zero-order valence-electron chi connectivity index (χ0n) is 7.81. The van der Waals surface area contributed by atoms with E-state index < -0.39 is 12.1 Å². The van der Waals surface area contributed by atoms with Crippen LogP contribution in [0.5, 0.6) is 0 Å². The van der Waals surface area contributed by atoms with Gasteiger partial charge >= 0.3 is 5.97 Å². The third-order valence-electron chi connectivity index (χ3n) is 1.72. The SMILES string of the molecule is N#CC(OC(=O)CN)c1ccccc1Cl. The van der Waals surface area contributed by atoms with E-state index in [1.807, 2.05) is 6.07 Å². The molecule has 1 unspecified atom stereocenters. The maximum atomic E-state index is 10.9. The number of rotatable bonds is 3. The molecule has 15 heavy (non-hydrogen) atoms. The Morgan fingerprint density at radius 1 is 1.60 bits per heavy atom. The molecular weight excluding hydrogens is 216 g/mol. The number of nitrogens with zero attached hydrogens (tertiary/aromatic N) is 1. The van der Waals surface area contributed by atoms with Crippen LogP contribution in [0.15, 0.2) is 24.3 Å². The van der Waals surface area contributed by atoms with Gasteiger partial charge in [0.2, 0.25) is 6.10 Å². The lowest BCUT2D eigenvalue weighted by Crippen LogP contribution is -2.19. The molecule has 0 saturated heterocycles. The van der Waals surface area contributed by atoms with Gasteiger partial charge in [-0.15, -0.1) is 0 Å². The van der Waals surface area contributed by atoms with E-state index in [-0.39, 0.29) is 6.54 Å². The summed E-state index contributed by atoms with van der Waals surface area (Å²) in [6.45, 7) is -0.261. The van der Waals surface area contributed by atoms with Crippen LogP contribution in [0.3, 0.4) is 0 Å². The zero-order chi connectivity index (χ0) is 11.3. The van der Waals surface area contributed by atoms with Gasteiger partial charge in [-0.05, 0) is 6.07 Å². The largest absolute Gasteiger partial charge is 0.441 e. The first-order chi connectivity index (χ1) is 7.19. The Morgan fingerprint density at radius 2 is 2.27 bits per heavy atom. The number of halogens is 1. The molecule has 0 amide bonds. The van der Waals surface area contributed by atoms with Crippen molar-refractivity contribution in [2.75, 3.05) is 6.54 Å². The molecule has 0 fully saturated rings. The Bertz CT molecular complexity index is 401. The third kappa shape index (κ3) is 2.94. The minimum atomic E-state index is -1.00. The Hall–Kier alpha value is -1.57. The third-order valence-corrected chi connectivity index (χ3v) is 2.07. The topological polar surface area (TPSA) is 76.1 Å². The molecule has 5 heteroatoms. The fourth-order valence-corrected chi connectivity index (χ4v) is 1.26. The number of nitrogens with two attached hydrogens (primary N) is 1. The van der Waals surface area contributed by atoms with E-state index in [2.05, 4.69) is 0 Å². The second-order valence-corrected chi connectivity index (χ2v) is 3.13. The van der Waals surface area contributed by atoms with E-state index in [1.54, 1.807) is 24.3 Å². The standard InChI is InChI=1S/C10H9ClN2O2/c11-8-4-2-1-3-7(8)9(5-12)15-10(14)6-13/h1-4,9H,6,13H2. The van der Waals surface area contributed by atoms with Gasteiger partial charge in [-0.1, -0.05) is 29.8 Å². The molecule has 0 heterocycles. The van der Waals surface area contributed by atoms with Gasteiger partial charge in [-0.3, -0.25) is 4.79 Å². The zero-order valence-corrected chi connectivity index (χ0v) is 8.57. The minimum absolute atomic E-state index is 0.261. The van der Waals surface area contributed by atoms with Crippen LogP contribution in [0.25, 0.3) is 0 Å². The molecule has 0 aliphatic rings. The van der Waals surface area contributed by atoms with Crippen LogP contribution < -0.4 is 5.73 Å². The predicted octanol–water partition coefficient (Wildman–Crippen LogP) is 1.41. The summed E-state index contributed by atoms with van der Waals surface area (Å²) >= 11 is 5.85. The number of hydrogen-bond donors (Lipinski definition) is 1. The summed E-state index contributed by atoms with van der Waals surface area (Å²) in [5.41, 5.74) is 5.54. The Kier molecular flexibility index (Phi) is 4.10. The van der Waals surface area contributed by atoms with E-state index in [9.17, 15) is 4.79 Å². The van der Waals surface area contributed by atoms with Gasteiger partial charge in [-0.2, -0.15) is 5.26 Å². The van der Waals surface area contributed by atoms with Crippen molar-refractivity contribution >= 4 is 17.6 Å². The first-order valence-corrected chi connectivity index (χ1v) is 4.60. The second-order valence-electron chi connectivity index (χ2n) is 2.72. The molecule has 4 nitrogen and oxygen atoms in total. The van der Waals surface area contributed by atoms with Gasteiger partial charge in [0.05, 0.1) is 6.54 Å². The monoisotopic (exact) mass is 224 g/mol. The van der Waals surface area contributed by atoms with Crippen molar-refractivity contribution < 1.29 is 9.53 Å². The second kappa shape index (κ2) is 5.35. The average molecular weight is 225 g/mol. The number of nitriles is 1. The molecule has 1 aromatic rings. The highest BCUT2D eigenvalue weighted by molar-refractivity contribution is 6.31. The van der Waals surface area contributed by atoms with E-state index in [0.717, 1.165) is 0 Å². The highest BCUT2D eigenvalue weighted by Gasteiger charge is 2.17. The van der Waals surface area contributed by atoms with Crippen LogP contribution in [-0.2, 0) is 9.53 Å². The van der Waals surface area contributed by atoms with E-state index >= 15 is 0 Å². The van der Waals surface area contributed by atoms with E-state index in [4.69, 9.17) is 27.3 Å². The molecule has 0 bridgehead atoms. The summed E-state index contributed by atoms with van der Waals surface area (Å²) < 4.78 is 4.81. The highest BCUT2D eigenvalue weighted by Crippen LogP contribution is 2.24. The van der Waals surface area contributed by atoms with Gasteiger partial charge in [0.25, 0.3) is 0 Å². The molecule has 0 aromatic heterocycles. The fraction of sp³-hybridized carbons (Fsp3) is 0.200. The number of carbonyl (C=O) groups is 1. The first-order valence-electron chi connectivity index (χ1n) is 4.22. The number of benzene rings is 1. The highest BCUT2D eigenvalue weighted by atomic mass is 35.5. The fourth-order valence-electron chi connectivity index (χ4n) is 1.03. The maximum Gasteiger partial charge on any atom is 0.321 e. The maximum absolute atomic E-state index is 10.9. The van der Waals surface area contributed by atoms with Crippen molar-refractivity contribution in [3.8, 4) is 6.07 Å². The van der Waals surface area contributed by atoms with E-state index in [0.29, 0.717) is 10.6 Å². The predicted molar refractivity (Wildman–Crippen MR) is 55.0 cm³/mol. The van der Waals surface area contributed by atoms with Crippen LogP contribution in [0, 0.1) is 11.3 Å². The molecule has 1 aromatic carbocycles. The average Bonchev–Trinajstić information content (AvgIpc) is 2.26. The Morgan fingerprint density at radius 3 is 2.80 bits per heavy atom. The summed E-state index contributed by atoms with van der Waals surface area (Å²) in [5, 5.41) is 9.20. The lowest BCUT2D eigenvalue weighted by atomic mass is 10.1. The van der Waals surface area contributed by atoms with Crippen molar-refractivity contribution in [3.63, 3.8) is 0 Å². The molecule has 0 spiro atoms. The van der Waals surface area contributed by atoms with Crippen LogP contribution in [0.2, 0.25) is 5.02 Å². The summed E-state index contributed by atoms with van der Waals surface area (Å²) in [4.78, 5) is 10.9. The lowest BCUT2D eigenvalue weighted by Gasteiger charge is -2.11. The summed E-state index contributed by atoms with van der Waals surface area (Å²) in [5.74, 6) is -0.638. The van der Waals surface area contributed by atoms with Crippen molar-refractivity contribution in [1.82, 2.24) is 0 Å². The van der Waals surface area contributed by atoms with E-state index in [1.165, 1.54) is 0 Å². The molecule has 1 rings (SSSR count). The van der Waals surface area contributed by atoms with Crippen molar-refractivity contribution in [1.29, 1.82) is 5.26 Å². The van der Waals surface area contributed by atoms with Crippen LogP contribution in [-0.4, -0.2) is 12.5 Å². The Balaban J connectivity index is 2.89. The van der Waals surface area contributed by atoms with Gasteiger partial charge < -0.3 is 10.5 Å². The molecule has 0 saturated carbocycles. The van der Waals surface area contributed by atoms with Crippen LogP contribution >= 0.6 is 11.6 Å². The molecule has 1 atom stereocenters.